The average Bonchev–Trinajstić information content (AvgIpc) is 2.75. The Morgan fingerprint density at radius 1 is 1.30 bits per heavy atom. The highest BCUT2D eigenvalue weighted by Gasteiger charge is 2.33. The Kier molecular flexibility index (Phi) is 3.50. The second kappa shape index (κ2) is 4.85. The van der Waals surface area contributed by atoms with Crippen molar-refractivity contribution in [2.45, 2.75) is 17.1 Å². The third-order valence-electron chi connectivity index (χ3n) is 2.38. The quantitative estimate of drug-likeness (QED) is 0.851. The van der Waals surface area contributed by atoms with Crippen molar-refractivity contribution in [3.05, 3.63) is 35.9 Å². The standard InChI is InChI=1S/C10H9F3N4O2S/c1-17-9(14-6-15-17)20(18,19)5-7-3-2-4-8(16-7)10(11,12)13/h2-4,6H,5H2,1H3. The van der Waals surface area contributed by atoms with E-state index in [9.17, 15) is 21.6 Å². The van der Waals surface area contributed by atoms with Crippen molar-refractivity contribution in [3.63, 3.8) is 0 Å². The van der Waals surface area contributed by atoms with Gasteiger partial charge in [-0.15, -0.1) is 0 Å². The van der Waals surface area contributed by atoms with E-state index in [-0.39, 0.29) is 10.9 Å². The maximum Gasteiger partial charge on any atom is 0.433 e. The van der Waals surface area contributed by atoms with Crippen LogP contribution in [0.2, 0.25) is 0 Å². The van der Waals surface area contributed by atoms with Crippen LogP contribution in [-0.4, -0.2) is 28.2 Å². The van der Waals surface area contributed by atoms with Crippen LogP contribution in [0.5, 0.6) is 0 Å². The number of aromatic nitrogens is 4. The van der Waals surface area contributed by atoms with Gasteiger partial charge in [-0.25, -0.2) is 23.1 Å². The largest absolute Gasteiger partial charge is 0.433 e. The van der Waals surface area contributed by atoms with Gasteiger partial charge in [0.2, 0.25) is 15.0 Å². The fourth-order valence-corrected chi connectivity index (χ4v) is 2.88. The summed E-state index contributed by atoms with van der Waals surface area (Å²) in [4.78, 5) is 6.88. The van der Waals surface area contributed by atoms with Crippen molar-refractivity contribution in [3.8, 4) is 0 Å². The first-order valence-electron chi connectivity index (χ1n) is 5.30. The first-order chi connectivity index (χ1) is 9.20. The van der Waals surface area contributed by atoms with Crippen molar-refractivity contribution in [2.75, 3.05) is 0 Å². The topological polar surface area (TPSA) is 77.7 Å². The van der Waals surface area contributed by atoms with E-state index in [1.807, 2.05) is 0 Å². The van der Waals surface area contributed by atoms with Crippen LogP contribution in [0.1, 0.15) is 11.4 Å². The third kappa shape index (κ3) is 2.95. The number of hydrogen-bond donors (Lipinski definition) is 0. The minimum Gasteiger partial charge on any atom is -0.247 e. The minimum absolute atomic E-state index is 0.206. The van der Waals surface area contributed by atoms with Gasteiger partial charge in [0.05, 0.1) is 5.69 Å². The van der Waals surface area contributed by atoms with E-state index in [1.54, 1.807) is 0 Å². The van der Waals surface area contributed by atoms with Crippen molar-refractivity contribution in [1.82, 2.24) is 19.7 Å². The average molecular weight is 306 g/mol. The summed E-state index contributed by atoms with van der Waals surface area (Å²) in [6, 6.07) is 3.10. The Labute approximate surface area is 112 Å². The zero-order valence-electron chi connectivity index (χ0n) is 10.2. The number of alkyl halides is 3. The van der Waals surface area contributed by atoms with Crippen molar-refractivity contribution < 1.29 is 21.6 Å². The van der Waals surface area contributed by atoms with Gasteiger partial charge in [-0.05, 0) is 12.1 Å². The van der Waals surface area contributed by atoms with Gasteiger partial charge in [0.15, 0.2) is 0 Å². The van der Waals surface area contributed by atoms with Crippen LogP contribution in [0.4, 0.5) is 13.2 Å². The van der Waals surface area contributed by atoms with Crippen LogP contribution in [0.3, 0.4) is 0 Å². The van der Waals surface area contributed by atoms with Gasteiger partial charge in [0, 0.05) is 7.05 Å². The zero-order valence-corrected chi connectivity index (χ0v) is 11.0. The number of aryl methyl sites for hydroxylation is 1. The molecule has 0 radical (unpaired) electrons. The molecule has 0 aliphatic rings. The number of nitrogens with zero attached hydrogens (tertiary/aromatic N) is 4. The van der Waals surface area contributed by atoms with E-state index in [0.717, 1.165) is 23.1 Å². The molecule has 0 aliphatic heterocycles. The van der Waals surface area contributed by atoms with E-state index in [0.29, 0.717) is 0 Å². The van der Waals surface area contributed by atoms with Crippen molar-refractivity contribution in [2.24, 2.45) is 7.05 Å². The summed E-state index contributed by atoms with van der Waals surface area (Å²) in [5, 5.41) is 3.28. The molecule has 20 heavy (non-hydrogen) atoms. The summed E-state index contributed by atoms with van der Waals surface area (Å²) < 4.78 is 62.5. The smallest absolute Gasteiger partial charge is 0.247 e. The predicted molar refractivity (Wildman–Crippen MR) is 61.1 cm³/mol. The first kappa shape index (κ1) is 14.4. The number of pyridine rings is 1. The van der Waals surface area contributed by atoms with Crippen molar-refractivity contribution >= 4 is 9.84 Å². The molecule has 0 saturated carbocycles. The summed E-state index contributed by atoms with van der Waals surface area (Å²) in [7, 11) is -2.53. The van der Waals surface area contributed by atoms with E-state index >= 15 is 0 Å². The lowest BCUT2D eigenvalue weighted by Crippen LogP contribution is -2.14. The van der Waals surface area contributed by atoms with Gasteiger partial charge in [-0.2, -0.15) is 18.3 Å². The van der Waals surface area contributed by atoms with Gasteiger partial charge in [0.25, 0.3) is 0 Å². The molecule has 0 saturated heterocycles. The van der Waals surface area contributed by atoms with Gasteiger partial charge in [0.1, 0.15) is 17.8 Å². The number of hydrogen-bond acceptors (Lipinski definition) is 5. The van der Waals surface area contributed by atoms with Crippen LogP contribution in [0.25, 0.3) is 0 Å². The Hall–Kier alpha value is -1.97. The molecule has 10 heteroatoms. The molecule has 2 aromatic heterocycles. The molecular formula is C10H9F3N4O2S. The summed E-state index contributed by atoms with van der Waals surface area (Å²) in [6.07, 6.45) is -3.57. The molecule has 0 atom stereocenters. The van der Waals surface area contributed by atoms with E-state index < -0.39 is 27.5 Å². The van der Waals surface area contributed by atoms with E-state index in [1.165, 1.54) is 13.1 Å². The summed E-state index contributed by atoms with van der Waals surface area (Å²) in [5.41, 5.74) is -1.34. The maximum absolute atomic E-state index is 12.5. The van der Waals surface area contributed by atoms with Crippen LogP contribution in [0, 0.1) is 0 Å². The molecule has 0 amide bonds. The molecule has 2 aromatic rings. The lowest BCUT2D eigenvalue weighted by molar-refractivity contribution is -0.141. The molecule has 0 N–H and O–H groups in total. The molecule has 0 aromatic carbocycles. The fourth-order valence-electron chi connectivity index (χ4n) is 1.54. The van der Waals surface area contributed by atoms with Gasteiger partial charge >= 0.3 is 6.18 Å². The predicted octanol–water partition coefficient (Wildman–Crippen LogP) is 1.20. The first-order valence-corrected chi connectivity index (χ1v) is 6.95. The third-order valence-corrected chi connectivity index (χ3v) is 3.98. The highest BCUT2D eigenvalue weighted by Crippen LogP contribution is 2.27. The molecular weight excluding hydrogens is 297 g/mol. The van der Waals surface area contributed by atoms with Gasteiger partial charge < -0.3 is 0 Å². The number of rotatable bonds is 3. The van der Waals surface area contributed by atoms with Crippen molar-refractivity contribution in [1.29, 1.82) is 0 Å². The zero-order chi connectivity index (χ0) is 15.0. The molecule has 0 bridgehead atoms. The summed E-state index contributed by atoms with van der Waals surface area (Å²) in [6.45, 7) is 0. The van der Waals surface area contributed by atoms with Gasteiger partial charge in [-0.3, -0.25) is 0 Å². The van der Waals surface area contributed by atoms with Crippen LogP contribution < -0.4 is 0 Å². The monoisotopic (exact) mass is 306 g/mol. The normalized spacial score (nSPS) is 12.6. The van der Waals surface area contributed by atoms with Crippen LogP contribution in [-0.2, 0) is 28.8 Å². The van der Waals surface area contributed by atoms with E-state index in [4.69, 9.17) is 0 Å². The van der Waals surface area contributed by atoms with Gasteiger partial charge in [-0.1, -0.05) is 6.07 Å². The number of sulfone groups is 1. The molecule has 0 fully saturated rings. The Balaban J connectivity index is 2.34. The molecule has 0 aliphatic carbocycles. The Morgan fingerprint density at radius 2 is 2.00 bits per heavy atom. The van der Waals surface area contributed by atoms with E-state index in [2.05, 4.69) is 15.1 Å². The molecule has 6 nitrogen and oxygen atoms in total. The minimum atomic E-state index is -4.62. The highest BCUT2D eigenvalue weighted by molar-refractivity contribution is 7.90. The SMILES string of the molecule is Cn1ncnc1S(=O)(=O)Cc1cccc(C(F)(F)F)n1. The number of halogens is 3. The Bertz CT molecular complexity index is 724. The Morgan fingerprint density at radius 3 is 2.55 bits per heavy atom. The molecule has 108 valence electrons. The summed E-state index contributed by atoms with van der Waals surface area (Å²) >= 11 is 0. The highest BCUT2D eigenvalue weighted by atomic mass is 32.2. The molecule has 0 unspecified atom stereocenters. The second-order valence-corrected chi connectivity index (χ2v) is 5.82. The van der Waals surface area contributed by atoms with Crippen LogP contribution >= 0.6 is 0 Å². The second-order valence-electron chi connectivity index (χ2n) is 3.94. The fraction of sp³-hybridized carbons (Fsp3) is 0.300. The molecule has 2 heterocycles. The van der Waals surface area contributed by atoms with Crippen LogP contribution in [0.15, 0.2) is 29.7 Å². The molecule has 2 rings (SSSR count). The lowest BCUT2D eigenvalue weighted by Gasteiger charge is -2.07. The lowest BCUT2D eigenvalue weighted by atomic mass is 10.3. The molecule has 0 spiro atoms. The summed E-state index contributed by atoms with van der Waals surface area (Å²) in [5.74, 6) is -0.677. The maximum atomic E-state index is 12.5.